The van der Waals surface area contributed by atoms with Gasteiger partial charge in [-0.3, -0.25) is 9.48 Å². The van der Waals surface area contributed by atoms with E-state index in [-0.39, 0.29) is 5.91 Å². The van der Waals surface area contributed by atoms with E-state index in [2.05, 4.69) is 26.3 Å². The Bertz CT molecular complexity index is 564. The van der Waals surface area contributed by atoms with Crippen LogP contribution in [0.15, 0.2) is 35.1 Å². The van der Waals surface area contributed by atoms with Crippen molar-refractivity contribution in [1.82, 2.24) is 9.78 Å². The molecule has 0 aliphatic carbocycles. The van der Waals surface area contributed by atoms with Gasteiger partial charge in [0.1, 0.15) is 0 Å². The number of carbonyl (C=O) groups is 1. The third kappa shape index (κ3) is 2.65. The zero-order valence-corrected chi connectivity index (χ0v) is 10.7. The molecule has 0 fully saturated rings. The lowest BCUT2D eigenvalue weighted by Gasteiger charge is -2.05. The van der Waals surface area contributed by atoms with E-state index >= 15 is 0 Å². The van der Waals surface area contributed by atoms with Crippen LogP contribution in [-0.4, -0.2) is 15.7 Å². The van der Waals surface area contributed by atoms with Gasteiger partial charge < -0.3 is 11.1 Å². The highest BCUT2D eigenvalue weighted by atomic mass is 79.9. The predicted molar refractivity (Wildman–Crippen MR) is 69.7 cm³/mol. The summed E-state index contributed by atoms with van der Waals surface area (Å²) in [4.78, 5) is 11.8. The Morgan fingerprint density at radius 1 is 1.53 bits per heavy atom. The van der Waals surface area contributed by atoms with E-state index in [4.69, 9.17) is 5.73 Å². The molecule has 1 heterocycles. The van der Waals surface area contributed by atoms with Gasteiger partial charge in [-0.25, -0.2) is 0 Å². The van der Waals surface area contributed by atoms with Gasteiger partial charge in [-0.1, -0.05) is 0 Å². The number of benzene rings is 1. The number of aromatic nitrogens is 2. The van der Waals surface area contributed by atoms with Gasteiger partial charge in [0, 0.05) is 29.1 Å². The molecule has 2 aromatic rings. The third-order valence-corrected chi connectivity index (χ3v) is 2.91. The van der Waals surface area contributed by atoms with Crippen LogP contribution in [0, 0.1) is 0 Å². The van der Waals surface area contributed by atoms with Gasteiger partial charge in [-0.15, -0.1) is 0 Å². The number of nitrogens with one attached hydrogen (secondary N) is 1. The first-order valence-electron chi connectivity index (χ1n) is 4.91. The van der Waals surface area contributed by atoms with E-state index in [9.17, 15) is 4.79 Å². The number of nitrogen functional groups attached to an aromatic ring is 1. The molecule has 5 nitrogen and oxygen atoms in total. The molecule has 0 aliphatic heterocycles. The smallest absolute Gasteiger partial charge is 0.258 e. The molecule has 1 aromatic carbocycles. The highest BCUT2D eigenvalue weighted by molar-refractivity contribution is 9.10. The van der Waals surface area contributed by atoms with Crippen LogP contribution in [0.5, 0.6) is 0 Å². The molecular formula is C11H11BrN4O. The van der Waals surface area contributed by atoms with E-state index in [1.54, 1.807) is 36.1 Å². The second-order valence-electron chi connectivity index (χ2n) is 3.59. The van der Waals surface area contributed by atoms with Crippen LogP contribution in [0.2, 0.25) is 0 Å². The first-order chi connectivity index (χ1) is 8.06. The summed E-state index contributed by atoms with van der Waals surface area (Å²) >= 11 is 3.30. The lowest BCUT2D eigenvalue weighted by molar-refractivity contribution is 0.102. The van der Waals surface area contributed by atoms with Gasteiger partial charge in [-0.05, 0) is 34.1 Å². The highest BCUT2D eigenvalue weighted by Gasteiger charge is 2.08. The Morgan fingerprint density at radius 3 is 2.88 bits per heavy atom. The highest BCUT2D eigenvalue weighted by Crippen LogP contribution is 2.23. The minimum absolute atomic E-state index is 0.199. The van der Waals surface area contributed by atoms with E-state index in [1.165, 1.54) is 6.20 Å². The quantitative estimate of drug-likeness (QED) is 0.832. The maximum Gasteiger partial charge on any atom is 0.258 e. The fourth-order valence-electron chi connectivity index (χ4n) is 1.35. The largest absolute Gasteiger partial charge is 0.398 e. The van der Waals surface area contributed by atoms with Gasteiger partial charge in [0.2, 0.25) is 0 Å². The summed E-state index contributed by atoms with van der Waals surface area (Å²) in [6, 6.07) is 5.22. The maximum atomic E-state index is 11.8. The van der Waals surface area contributed by atoms with Crippen LogP contribution in [0.1, 0.15) is 10.4 Å². The normalized spacial score (nSPS) is 10.2. The third-order valence-electron chi connectivity index (χ3n) is 2.23. The lowest BCUT2D eigenvalue weighted by Crippen LogP contribution is -2.11. The minimum atomic E-state index is -0.199. The summed E-state index contributed by atoms with van der Waals surface area (Å²) in [5.74, 6) is -0.199. The van der Waals surface area contributed by atoms with E-state index in [0.717, 1.165) is 4.47 Å². The standard InChI is InChI=1S/C11H11BrN4O/c1-16-6-7(5-14-16)11(17)15-8-2-3-10(13)9(12)4-8/h2-6H,13H2,1H3,(H,15,17). The number of hydrogen-bond acceptors (Lipinski definition) is 3. The van der Waals surface area contributed by atoms with Gasteiger partial charge in [-0.2, -0.15) is 5.10 Å². The Labute approximate surface area is 107 Å². The molecule has 2 rings (SSSR count). The molecule has 0 saturated heterocycles. The van der Waals surface area contributed by atoms with Crippen molar-refractivity contribution in [2.75, 3.05) is 11.1 Å². The fourth-order valence-corrected chi connectivity index (χ4v) is 1.73. The maximum absolute atomic E-state index is 11.8. The second-order valence-corrected chi connectivity index (χ2v) is 4.45. The zero-order chi connectivity index (χ0) is 12.4. The fraction of sp³-hybridized carbons (Fsp3) is 0.0909. The van der Waals surface area contributed by atoms with E-state index in [0.29, 0.717) is 16.9 Å². The summed E-state index contributed by atoms with van der Waals surface area (Å²) in [5.41, 5.74) is 7.48. The van der Waals surface area contributed by atoms with Crippen molar-refractivity contribution in [2.45, 2.75) is 0 Å². The average Bonchev–Trinajstić information content (AvgIpc) is 2.70. The topological polar surface area (TPSA) is 72.9 Å². The summed E-state index contributed by atoms with van der Waals surface area (Å²) in [6.07, 6.45) is 3.17. The molecule has 88 valence electrons. The average molecular weight is 295 g/mol. The van der Waals surface area contributed by atoms with Crippen LogP contribution in [-0.2, 0) is 7.05 Å². The van der Waals surface area contributed by atoms with Crippen molar-refractivity contribution in [3.8, 4) is 0 Å². The Morgan fingerprint density at radius 2 is 2.29 bits per heavy atom. The molecule has 1 amide bonds. The Kier molecular flexibility index (Phi) is 3.14. The van der Waals surface area contributed by atoms with Crippen LogP contribution in [0.4, 0.5) is 11.4 Å². The molecule has 0 radical (unpaired) electrons. The van der Waals surface area contributed by atoms with Crippen molar-refractivity contribution >= 4 is 33.2 Å². The van der Waals surface area contributed by atoms with Crippen molar-refractivity contribution in [3.05, 3.63) is 40.6 Å². The van der Waals surface area contributed by atoms with Gasteiger partial charge in [0.15, 0.2) is 0 Å². The summed E-state index contributed by atoms with van der Waals surface area (Å²) < 4.78 is 2.33. The SMILES string of the molecule is Cn1cc(C(=O)Nc2ccc(N)c(Br)c2)cn1. The number of nitrogens with zero attached hydrogens (tertiary/aromatic N) is 2. The van der Waals surface area contributed by atoms with Crippen molar-refractivity contribution < 1.29 is 4.79 Å². The Balaban J connectivity index is 2.15. The van der Waals surface area contributed by atoms with Gasteiger partial charge >= 0.3 is 0 Å². The molecule has 3 N–H and O–H groups in total. The number of amides is 1. The monoisotopic (exact) mass is 294 g/mol. The number of hydrogen-bond donors (Lipinski definition) is 2. The molecule has 6 heteroatoms. The summed E-state index contributed by atoms with van der Waals surface area (Å²) in [6.45, 7) is 0. The van der Waals surface area contributed by atoms with Crippen LogP contribution in [0.3, 0.4) is 0 Å². The summed E-state index contributed by atoms with van der Waals surface area (Å²) in [7, 11) is 1.76. The molecule has 0 unspecified atom stereocenters. The number of nitrogens with two attached hydrogens (primary N) is 1. The molecule has 0 saturated carbocycles. The van der Waals surface area contributed by atoms with E-state index < -0.39 is 0 Å². The van der Waals surface area contributed by atoms with Crippen LogP contribution < -0.4 is 11.1 Å². The number of rotatable bonds is 2. The van der Waals surface area contributed by atoms with E-state index in [1.807, 2.05) is 0 Å². The summed E-state index contributed by atoms with van der Waals surface area (Å²) in [5, 5.41) is 6.70. The molecule has 17 heavy (non-hydrogen) atoms. The van der Waals surface area contributed by atoms with Crippen molar-refractivity contribution in [2.24, 2.45) is 7.05 Å². The molecule has 0 aliphatic rings. The minimum Gasteiger partial charge on any atom is -0.398 e. The number of halogens is 1. The number of carbonyl (C=O) groups excluding carboxylic acids is 1. The van der Waals surface area contributed by atoms with Gasteiger partial charge in [0.05, 0.1) is 11.8 Å². The lowest BCUT2D eigenvalue weighted by atomic mass is 10.2. The molecule has 1 aromatic heterocycles. The molecule has 0 atom stereocenters. The Hall–Kier alpha value is -1.82. The predicted octanol–water partition coefficient (Wildman–Crippen LogP) is 2.02. The van der Waals surface area contributed by atoms with Crippen molar-refractivity contribution in [1.29, 1.82) is 0 Å². The van der Waals surface area contributed by atoms with Crippen molar-refractivity contribution in [3.63, 3.8) is 0 Å². The van der Waals surface area contributed by atoms with Gasteiger partial charge in [0.25, 0.3) is 5.91 Å². The van der Waals surface area contributed by atoms with Crippen LogP contribution >= 0.6 is 15.9 Å². The first kappa shape index (κ1) is 11.7. The second kappa shape index (κ2) is 4.58. The van der Waals surface area contributed by atoms with Crippen LogP contribution in [0.25, 0.3) is 0 Å². The molecule has 0 bridgehead atoms. The number of aryl methyl sites for hydroxylation is 1. The number of anilines is 2. The first-order valence-corrected chi connectivity index (χ1v) is 5.70. The molecule has 0 spiro atoms. The zero-order valence-electron chi connectivity index (χ0n) is 9.14. The molecular weight excluding hydrogens is 284 g/mol.